The third-order valence-corrected chi connectivity index (χ3v) is 4.15. The highest BCUT2D eigenvalue weighted by Gasteiger charge is 2.47. The van der Waals surface area contributed by atoms with Gasteiger partial charge in [0.1, 0.15) is 11.1 Å². The third kappa shape index (κ3) is 2.28. The van der Waals surface area contributed by atoms with E-state index in [4.69, 9.17) is 4.74 Å². The van der Waals surface area contributed by atoms with Gasteiger partial charge in [0, 0.05) is 37.8 Å². The fourth-order valence-electron chi connectivity index (χ4n) is 3.10. The number of likely N-dealkylation sites (tertiary alicyclic amines) is 1. The van der Waals surface area contributed by atoms with Gasteiger partial charge >= 0.3 is 5.97 Å². The monoisotopic (exact) mass is 290 g/mol. The third-order valence-electron chi connectivity index (χ3n) is 4.15. The van der Waals surface area contributed by atoms with E-state index < -0.39 is 11.5 Å². The van der Waals surface area contributed by atoms with Crippen LogP contribution < -0.4 is 0 Å². The highest BCUT2D eigenvalue weighted by atomic mass is 16.5. The molecule has 1 atom stereocenters. The molecule has 0 amide bonds. The summed E-state index contributed by atoms with van der Waals surface area (Å²) in [5.41, 5.74) is 1.53. The second kappa shape index (κ2) is 5.42. The zero-order valence-electron chi connectivity index (χ0n) is 11.9. The number of carbonyl (C=O) groups is 1. The van der Waals surface area contributed by atoms with Crippen LogP contribution in [0, 0.1) is 0 Å². The Hall–Kier alpha value is -1.99. The van der Waals surface area contributed by atoms with E-state index in [1.807, 2.05) is 11.1 Å². The highest BCUT2D eigenvalue weighted by Crippen LogP contribution is 2.32. The van der Waals surface area contributed by atoms with Crippen LogP contribution in [0.5, 0.6) is 0 Å². The summed E-state index contributed by atoms with van der Waals surface area (Å²) in [6.07, 6.45) is 6.57. The first kappa shape index (κ1) is 14.0. The molecular weight excluding hydrogens is 272 g/mol. The lowest BCUT2D eigenvalue weighted by Gasteiger charge is -2.33. The number of fused-ring (bicyclic) bond motifs is 1. The zero-order chi connectivity index (χ0) is 14.9. The number of nitrogens with zero attached hydrogens (tertiary/aromatic N) is 3. The molecule has 3 heterocycles. The molecule has 2 aromatic heterocycles. The summed E-state index contributed by atoms with van der Waals surface area (Å²) >= 11 is 0. The van der Waals surface area contributed by atoms with E-state index in [-0.39, 0.29) is 6.61 Å². The van der Waals surface area contributed by atoms with Gasteiger partial charge in [-0.05, 0) is 19.4 Å². The Bertz CT molecular complexity index is 656. The number of hydrogen-bond acceptors (Lipinski definition) is 5. The molecule has 7 nitrogen and oxygen atoms in total. The Morgan fingerprint density at radius 1 is 1.52 bits per heavy atom. The Morgan fingerprint density at radius 2 is 2.33 bits per heavy atom. The molecule has 0 aliphatic carbocycles. The summed E-state index contributed by atoms with van der Waals surface area (Å²) < 4.78 is 5.17. The van der Waals surface area contributed by atoms with Crippen molar-refractivity contribution in [1.29, 1.82) is 0 Å². The molecule has 0 bridgehead atoms. The van der Waals surface area contributed by atoms with Gasteiger partial charge in [-0.25, -0.2) is 4.98 Å². The van der Waals surface area contributed by atoms with Crippen LogP contribution in [0.1, 0.15) is 18.4 Å². The molecule has 2 aromatic rings. The van der Waals surface area contributed by atoms with Crippen molar-refractivity contribution >= 4 is 17.1 Å². The van der Waals surface area contributed by atoms with Crippen molar-refractivity contribution < 1.29 is 14.6 Å². The Labute approximate surface area is 122 Å². The molecule has 1 saturated heterocycles. The molecule has 1 unspecified atom stereocenters. The van der Waals surface area contributed by atoms with E-state index in [0.29, 0.717) is 13.0 Å². The van der Waals surface area contributed by atoms with Gasteiger partial charge in [-0.15, -0.1) is 0 Å². The number of nitrogens with one attached hydrogen (secondary N) is 1. The lowest BCUT2D eigenvalue weighted by molar-refractivity contribution is -0.153. The molecular formula is C14H18N4O3. The van der Waals surface area contributed by atoms with Gasteiger partial charge in [0.25, 0.3) is 0 Å². The number of methoxy groups -OCH3 is 1. The maximum Gasteiger partial charge on any atom is 0.326 e. The van der Waals surface area contributed by atoms with Crippen LogP contribution in [0.4, 0.5) is 0 Å². The Morgan fingerprint density at radius 3 is 3.10 bits per heavy atom. The molecule has 1 aliphatic heterocycles. The largest absolute Gasteiger partial charge is 0.480 e. The number of H-pyrrole nitrogens is 1. The van der Waals surface area contributed by atoms with Crippen LogP contribution in [0.25, 0.3) is 11.2 Å². The molecule has 21 heavy (non-hydrogen) atoms. The number of hydrogen-bond donors (Lipinski definition) is 2. The Kier molecular flexibility index (Phi) is 3.60. The van der Waals surface area contributed by atoms with E-state index >= 15 is 0 Å². The van der Waals surface area contributed by atoms with Crippen molar-refractivity contribution in [3.05, 3.63) is 24.2 Å². The van der Waals surface area contributed by atoms with E-state index in [9.17, 15) is 9.90 Å². The Balaban J connectivity index is 1.91. The second-order valence-corrected chi connectivity index (χ2v) is 5.36. The van der Waals surface area contributed by atoms with Gasteiger partial charge in [-0.2, -0.15) is 0 Å². The first-order chi connectivity index (χ1) is 10.2. The molecule has 0 radical (unpaired) electrons. The van der Waals surface area contributed by atoms with Gasteiger partial charge in [0.15, 0.2) is 5.65 Å². The second-order valence-electron chi connectivity index (χ2n) is 5.36. The van der Waals surface area contributed by atoms with Gasteiger partial charge in [-0.1, -0.05) is 0 Å². The van der Waals surface area contributed by atoms with Crippen LogP contribution in [-0.4, -0.2) is 56.7 Å². The summed E-state index contributed by atoms with van der Waals surface area (Å²) in [5.74, 6) is -0.826. The summed E-state index contributed by atoms with van der Waals surface area (Å²) in [6, 6.07) is 0. The van der Waals surface area contributed by atoms with Gasteiger partial charge in [0.05, 0.1) is 6.61 Å². The van der Waals surface area contributed by atoms with Gasteiger partial charge in [0.2, 0.25) is 0 Å². The average Bonchev–Trinajstić information content (AvgIpc) is 3.06. The number of aliphatic carboxylic acids is 1. The van der Waals surface area contributed by atoms with Crippen molar-refractivity contribution in [2.75, 3.05) is 20.3 Å². The minimum Gasteiger partial charge on any atom is -0.480 e. The minimum absolute atomic E-state index is 0.191. The summed E-state index contributed by atoms with van der Waals surface area (Å²) in [4.78, 5) is 25.3. The molecule has 3 rings (SSSR count). The number of rotatable bonds is 5. The summed E-state index contributed by atoms with van der Waals surface area (Å²) in [5, 5.41) is 9.65. The quantitative estimate of drug-likeness (QED) is 0.854. The van der Waals surface area contributed by atoms with Crippen LogP contribution in [0.2, 0.25) is 0 Å². The van der Waals surface area contributed by atoms with Gasteiger partial charge < -0.3 is 14.8 Å². The summed E-state index contributed by atoms with van der Waals surface area (Å²) in [7, 11) is 1.54. The van der Waals surface area contributed by atoms with Gasteiger partial charge in [-0.3, -0.25) is 14.7 Å². The lowest BCUT2D eigenvalue weighted by atomic mass is 9.97. The zero-order valence-corrected chi connectivity index (χ0v) is 11.9. The van der Waals surface area contributed by atoms with E-state index in [1.165, 1.54) is 0 Å². The predicted octanol–water partition coefficient (Wildman–Crippen LogP) is 1.02. The molecule has 0 aromatic carbocycles. The molecule has 112 valence electrons. The predicted molar refractivity (Wildman–Crippen MR) is 75.8 cm³/mol. The molecule has 2 N–H and O–H groups in total. The first-order valence-corrected chi connectivity index (χ1v) is 6.92. The minimum atomic E-state index is -0.944. The van der Waals surface area contributed by atoms with E-state index in [2.05, 4.69) is 15.0 Å². The molecule has 0 saturated carbocycles. The number of aromatic amines is 1. The lowest BCUT2D eigenvalue weighted by Crippen LogP contribution is -2.53. The summed E-state index contributed by atoms with van der Waals surface area (Å²) in [6.45, 7) is 1.45. The van der Waals surface area contributed by atoms with E-state index in [1.54, 1.807) is 19.5 Å². The SMILES string of the molecule is COCC1(C(=O)O)CCCN1Cc1c[nH]c2nccnc12. The smallest absolute Gasteiger partial charge is 0.326 e. The molecule has 0 spiro atoms. The number of aromatic nitrogens is 3. The van der Waals surface area contributed by atoms with Crippen LogP contribution >= 0.6 is 0 Å². The highest BCUT2D eigenvalue weighted by molar-refractivity contribution is 5.80. The van der Waals surface area contributed by atoms with E-state index in [0.717, 1.165) is 29.7 Å². The maximum atomic E-state index is 11.8. The van der Waals surface area contributed by atoms with Crippen molar-refractivity contribution in [3.63, 3.8) is 0 Å². The molecule has 1 aliphatic rings. The average molecular weight is 290 g/mol. The standard InChI is InChI=1S/C14H18N4O3/c1-21-9-14(13(19)20)3-2-6-18(14)8-10-7-17-12-11(10)15-4-5-16-12/h4-5,7H,2-3,6,8-9H2,1H3,(H,16,17)(H,19,20). The number of carboxylic acid groups (broad SMARTS) is 1. The van der Waals surface area contributed by atoms with Crippen molar-refractivity contribution in [3.8, 4) is 0 Å². The van der Waals surface area contributed by atoms with Crippen LogP contribution in [-0.2, 0) is 16.1 Å². The van der Waals surface area contributed by atoms with Crippen LogP contribution in [0.15, 0.2) is 18.6 Å². The van der Waals surface area contributed by atoms with Crippen molar-refractivity contribution in [2.45, 2.75) is 24.9 Å². The number of ether oxygens (including phenoxy) is 1. The fraction of sp³-hybridized carbons (Fsp3) is 0.500. The maximum absolute atomic E-state index is 11.8. The van der Waals surface area contributed by atoms with Crippen LogP contribution in [0.3, 0.4) is 0 Å². The number of carboxylic acids is 1. The first-order valence-electron chi connectivity index (χ1n) is 6.92. The van der Waals surface area contributed by atoms with Crippen molar-refractivity contribution in [2.24, 2.45) is 0 Å². The van der Waals surface area contributed by atoms with Crippen molar-refractivity contribution in [1.82, 2.24) is 19.9 Å². The molecule has 7 heteroatoms. The normalized spacial score (nSPS) is 22.9. The fourth-order valence-corrected chi connectivity index (χ4v) is 3.10. The molecule has 1 fully saturated rings. The topological polar surface area (TPSA) is 91.3 Å².